The second-order valence-electron chi connectivity index (χ2n) is 11.8. The number of hydrogen-bond donors (Lipinski definition) is 0. The molecule has 2 nitrogen and oxygen atoms in total. The van der Waals surface area contributed by atoms with Crippen molar-refractivity contribution in [2.75, 3.05) is 13.2 Å². The SMILES string of the molecule is CCCCCCCCCCCCCCCC[Si](CCCCCCCCCCCCCC)(OCC)OCC. The van der Waals surface area contributed by atoms with Crippen LogP contribution in [0.15, 0.2) is 0 Å². The fourth-order valence-corrected chi connectivity index (χ4v) is 9.35. The van der Waals surface area contributed by atoms with Crippen molar-refractivity contribution in [3.05, 3.63) is 0 Å². The maximum atomic E-state index is 6.40. The van der Waals surface area contributed by atoms with Crippen molar-refractivity contribution in [1.29, 1.82) is 0 Å². The first-order chi connectivity index (χ1) is 18.2. The molecule has 0 N–H and O–H groups in total. The molecule has 0 radical (unpaired) electrons. The summed E-state index contributed by atoms with van der Waals surface area (Å²) in [7, 11) is -2.00. The van der Waals surface area contributed by atoms with Gasteiger partial charge in [-0.1, -0.05) is 181 Å². The van der Waals surface area contributed by atoms with Crippen LogP contribution in [0.1, 0.15) is 195 Å². The van der Waals surface area contributed by atoms with Gasteiger partial charge < -0.3 is 8.85 Å². The summed E-state index contributed by atoms with van der Waals surface area (Å²) < 4.78 is 12.8. The Labute approximate surface area is 237 Å². The van der Waals surface area contributed by atoms with Gasteiger partial charge in [-0.2, -0.15) is 0 Å². The van der Waals surface area contributed by atoms with Crippen LogP contribution in [-0.2, 0) is 8.85 Å². The topological polar surface area (TPSA) is 18.5 Å². The summed E-state index contributed by atoms with van der Waals surface area (Å²) in [6.07, 6.45) is 36.9. The molecule has 0 aliphatic rings. The smallest absolute Gasteiger partial charge is 0.338 e. The van der Waals surface area contributed by atoms with Crippen LogP contribution < -0.4 is 0 Å². The Morgan fingerprint density at radius 3 is 0.730 bits per heavy atom. The van der Waals surface area contributed by atoms with E-state index in [9.17, 15) is 0 Å². The fourth-order valence-electron chi connectivity index (χ4n) is 5.81. The number of rotatable bonds is 32. The lowest BCUT2D eigenvalue weighted by Crippen LogP contribution is -2.42. The molecule has 0 rings (SSSR count). The largest absolute Gasteiger partial charge is 0.394 e. The molecule has 0 aromatic carbocycles. The van der Waals surface area contributed by atoms with Crippen molar-refractivity contribution in [3.8, 4) is 0 Å². The highest BCUT2D eigenvalue weighted by Crippen LogP contribution is 2.26. The van der Waals surface area contributed by atoms with Crippen LogP contribution in [0.5, 0.6) is 0 Å². The maximum absolute atomic E-state index is 6.40. The molecule has 0 saturated carbocycles. The molecular weight excluding hydrogens is 468 g/mol. The van der Waals surface area contributed by atoms with Crippen LogP contribution in [0.4, 0.5) is 0 Å². The first kappa shape index (κ1) is 37.1. The average Bonchev–Trinajstić information content (AvgIpc) is 2.90. The third-order valence-corrected chi connectivity index (χ3v) is 12.0. The van der Waals surface area contributed by atoms with E-state index >= 15 is 0 Å². The predicted molar refractivity (Wildman–Crippen MR) is 170 cm³/mol. The normalized spacial score (nSPS) is 12.0. The average molecular weight is 541 g/mol. The molecule has 0 aromatic heterocycles. The fraction of sp³-hybridized carbons (Fsp3) is 1.00. The van der Waals surface area contributed by atoms with Crippen LogP contribution >= 0.6 is 0 Å². The summed E-state index contributed by atoms with van der Waals surface area (Å²) in [6, 6.07) is 2.43. The van der Waals surface area contributed by atoms with E-state index < -0.39 is 8.56 Å². The van der Waals surface area contributed by atoms with E-state index in [1.165, 1.54) is 179 Å². The number of unbranched alkanes of at least 4 members (excludes halogenated alkanes) is 24. The van der Waals surface area contributed by atoms with Crippen LogP contribution in [0.3, 0.4) is 0 Å². The molecule has 0 amide bonds. The van der Waals surface area contributed by atoms with Crippen LogP contribution in [0.2, 0.25) is 12.1 Å². The molecule has 0 fully saturated rings. The second kappa shape index (κ2) is 30.7. The van der Waals surface area contributed by atoms with Crippen LogP contribution in [0, 0.1) is 0 Å². The van der Waals surface area contributed by atoms with Crippen molar-refractivity contribution in [3.63, 3.8) is 0 Å². The zero-order valence-corrected chi connectivity index (χ0v) is 27.5. The zero-order chi connectivity index (χ0) is 27.1. The van der Waals surface area contributed by atoms with Gasteiger partial charge in [0, 0.05) is 13.2 Å². The molecule has 0 aromatic rings. The van der Waals surface area contributed by atoms with E-state index in [4.69, 9.17) is 8.85 Å². The summed E-state index contributed by atoms with van der Waals surface area (Å²) in [4.78, 5) is 0. The van der Waals surface area contributed by atoms with E-state index in [1.54, 1.807) is 0 Å². The lowest BCUT2D eigenvalue weighted by atomic mass is 10.0. The molecule has 37 heavy (non-hydrogen) atoms. The Kier molecular flexibility index (Phi) is 30.8. The second-order valence-corrected chi connectivity index (χ2v) is 15.2. The lowest BCUT2D eigenvalue weighted by molar-refractivity contribution is 0.180. The molecule has 3 heteroatoms. The summed E-state index contributed by atoms with van der Waals surface area (Å²) >= 11 is 0. The Balaban J connectivity index is 3.80. The molecule has 0 spiro atoms. The molecular formula is C34H72O2Si. The third-order valence-electron chi connectivity index (χ3n) is 8.14. The van der Waals surface area contributed by atoms with E-state index in [0.29, 0.717) is 0 Å². The van der Waals surface area contributed by atoms with E-state index in [2.05, 4.69) is 27.7 Å². The third kappa shape index (κ3) is 26.1. The molecule has 0 aliphatic heterocycles. The summed E-state index contributed by atoms with van der Waals surface area (Å²) in [5.41, 5.74) is 0. The van der Waals surface area contributed by atoms with Gasteiger partial charge >= 0.3 is 8.56 Å². The van der Waals surface area contributed by atoms with Gasteiger partial charge in [0.1, 0.15) is 0 Å². The van der Waals surface area contributed by atoms with Crippen LogP contribution in [-0.4, -0.2) is 21.8 Å². The Hall–Kier alpha value is 0.137. The molecule has 0 saturated heterocycles. The Bertz CT molecular complexity index is 409. The van der Waals surface area contributed by atoms with E-state index in [1.807, 2.05) is 0 Å². The molecule has 0 aliphatic carbocycles. The minimum atomic E-state index is -2.00. The monoisotopic (exact) mass is 541 g/mol. The van der Waals surface area contributed by atoms with Gasteiger partial charge in [-0.25, -0.2) is 0 Å². The molecule has 0 atom stereocenters. The molecule has 0 bridgehead atoms. The first-order valence-corrected chi connectivity index (χ1v) is 19.8. The van der Waals surface area contributed by atoms with Gasteiger partial charge in [0.15, 0.2) is 0 Å². The summed E-state index contributed by atoms with van der Waals surface area (Å²) in [5.74, 6) is 0. The number of hydrogen-bond acceptors (Lipinski definition) is 2. The quantitative estimate of drug-likeness (QED) is 0.0623. The Morgan fingerprint density at radius 1 is 0.297 bits per heavy atom. The van der Waals surface area contributed by atoms with Crippen molar-refractivity contribution in [2.24, 2.45) is 0 Å². The minimum Gasteiger partial charge on any atom is -0.394 e. The highest BCUT2D eigenvalue weighted by atomic mass is 28.4. The van der Waals surface area contributed by atoms with Gasteiger partial charge in [0.2, 0.25) is 0 Å². The lowest BCUT2D eigenvalue weighted by Gasteiger charge is -2.30. The minimum absolute atomic E-state index is 0.823. The maximum Gasteiger partial charge on any atom is 0.338 e. The Morgan fingerprint density at radius 2 is 0.514 bits per heavy atom. The van der Waals surface area contributed by atoms with Gasteiger partial charge in [-0.05, 0) is 25.9 Å². The standard InChI is InChI=1S/C34H72O2Si/c1-5-9-11-13-15-17-19-21-22-24-26-28-30-32-34-37(35-7-3,36-8-4)33-31-29-27-25-23-20-18-16-14-12-10-6-2/h5-34H2,1-4H3. The molecule has 0 heterocycles. The summed E-state index contributed by atoms with van der Waals surface area (Å²) in [6.45, 7) is 10.6. The van der Waals surface area contributed by atoms with Crippen molar-refractivity contribution in [1.82, 2.24) is 0 Å². The summed E-state index contributed by atoms with van der Waals surface area (Å²) in [5, 5.41) is 0. The van der Waals surface area contributed by atoms with E-state index in [-0.39, 0.29) is 0 Å². The van der Waals surface area contributed by atoms with Gasteiger partial charge in [0.25, 0.3) is 0 Å². The van der Waals surface area contributed by atoms with Gasteiger partial charge in [-0.3, -0.25) is 0 Å². The predicted octanol–water partition coefficient (Wildman–Crippen LogP) is 12.7. The van der Waals surface area contributed by atoms with Crippen molar-refractivity contribution >= 4 is 8.56 Å². The van der Waals surface area contributed by atoms with E-state index in [0.717, 1.165) is 13.2 Å². The highest BCUT2D eigenvalue weighted by Gasteiger charge is 2.35. The van der Waals surface area contributed by atoms with Crippen molar-refractivity contribution < 1.29 is 8.85 Å². The molecule has 0 unspecified atom stereocenters. The molecule has 224 valence electrons. The van der Waals surface area contributed by atoms with Gasteiger partial charge in [0.05, 0.1) is 0 Å². The first-order valence-electron chi connectivity index (χ1n) is 17.5. The highest BCUT2D eigenvalue weighted by molar-refractivity contribution is 6.67. The van der Waals surface area contributed by atoms with Crippen LogP contribution in [0.25, 0.3) is 0 Å². The van der Waals surface area contributed by atoms with Gasteiger partial charge in [-0.15, -0.1) is 0 Å². The van der Waals surface area contributed by atoms with Crippen molar-refractivity contribution in [2.45, 2.75) is 207 Å². The zero-order valence-electron chi connectivity index (χ0n) is 26.5.